The highest BCUT2D eigenvalue weighted by molar-refractivity contribution is 9.10. The average molecular weight is 618 g/mol. The predicted octanol–water partition coefficient (Wildman–Crippen LogP) is 6.79. The van der Waals surface area contributed by atoms with Crippen LogP contribution in [0, 0.1) is 0 Å². The number of amides is 1. The molecular weight excluding hydrogens is 585 g/mol. The van der Waals surface area contributed by atoms with E-state index in [2.05, 4.69) is 45.5 Å². The van der Waals surface area contributed by atoms with Crippen LogP contribution in [0.25, 0.3) is 17.2 Å². The van der Waals surface area contributed by atoms with Crippen molar-refractivity contribution < 1.29 is 28.4 Å². The van der Waals surface area contributed by atoms with Gasteiger partial charge in [-0.05, 0) is 73.1 Å². The lowest BCUT2D eigenvalue weighted by molar-refractivity contribution is 0.00578. The maximum absolute atomic E-state index is 13.0. The van der Waals surface area contributed by atoms with Crippen LogP contribution < -0.4 is 5.32 Å². The molecule has 0 bridgehead atoms. The van der Waals surface area contributed by atoms with E-state index in [0.29, 0.717) is 15.5 Å². The quantitative estimate of drug-likeness (QED) is 0.232. The molecule has 0 aromatic heterocycles. The highest BCUT2D eigenvalue weighted by Crippen LogP contribution is 2.44. The van der Waals surface area contributed by atoms with Crippen molar-refractivity contribution in [3.05, 3.63) is 98.9 Å². The van der Waals surface area contributed by atoms with Gasteiger partial charge >= 0.3 is 19.2 Å². The van der Waals surface area contributed by atoms with Crippen LogP contribution in [0.1, 0.15) is 60.7 Å². The molecule has 0 atom stereocenters. The molecule has 212 valence electrons. The van der Waals surface area contributed by atoms with Crippen LogP contribution in [0.2, 0.25) is 0 Å². The number of benzene rings is 3. The van der Waals surface area contributed by atoms with E-state index < -0.39 is 30.4 Å². The van der Waals surface area contributed by atoms with Gasteiger partial charge in [0, 0.05) is 16.9 Å². The zero-order valence-electron chi connectivity index (χ0n) is 23.8. The second-order valence-corrected chi connectivity index (χ2v) is 12.1. The Morgan fingerprint density at radius 3 is 2.10 bits per heavy atom. The Hall–Kier alpha value is -3.40. The van der Waals surface area contributed by atoms with E-state index in [4.69, 9.17) is 18.8 Å². The Morgan fingerprint density at radius 1 is 0.951 bits per heavy atom. The molecule has 1 heterocycles. The van der Waals surface area contributed by atoms with Gasteiger partial charge in [0.1, 0.15) is 6.61 Å². The maximum atomic E-state index is 13.0. The fourth-order valence-electron chi connectivity index (χ4n) is 5.11. The van der Waals surface area contributed by atoms with Gasteiger partial charge in [-0.3, -0.25) is 0 Å². The van der Waals surface area contributed by atoms with Crippen LogP contribution >= 0.6 is 15.9 Å². The minimum Gasteiger partial charge on any atom is -0.465 e. The van der Waals surface area contributed by atoms with Gasteiger partial charge < -0.3 is 24.1 Å². The fourth-order valence-corrected chi connectivity index (χ4v) is 5.60. The number of alkyl carbamates (subject to hydrolysis) is 1. The summed E-state index contributed by atoms with van der Waals surface area (Å²) in [6.45, 7) is 8.26. The predicted molar refractivity (Wildman–Crippen MR) is 163 cm³/mol. The van der Waals surface area contributed by atoms with Crippen molar-refractivity contribution in [3.63, 3.8) is 0 Å². The zero-order valence-corrected chi connectivity index (χ0v) is 25.4. The van der Waals surface area contributed by atoms with Gasteiger partial charge in [0.15, 0.2) is 0 Å². The van der Waals surface area contributed by atoms with E-state index in [1.165, 1.54) is 18.2 Å². The summed E-state index contributed by atoms with van der Waals surface area (Å²) in [5.41, 5.74) is 5.43. The standard InChI is InChI=1S/C32H33BBrNO6/c1-31(2)32(3,4)41-33(40-31)22(16-20-14-15-21(17-28(20)34)29(36)38-5)18-35-30(37)39-19-27-25-12-8-6-10-23(25)24-11-7-9-13-26(24)27/h6-17,27H,18-19H2,1-5H3,(H,35,37). The molecule has 1 amide bonds. The fraction of sp³-hybridized carbons (Fsp3) is 0.312. The molecule has 5 rings (SSSR count). The zero-order chi connectivity index (χ0) is 29.4. The summed E-state index contributed by atoms with van der Waals surface area (Å²) in [6.07, 6.45) is 1.35. The first-order valence-corrected chi connectivity index (χ1v) is 14.3. The van der Waals surface area contributed by atoms with Gasteiger partial charge in [-0.2, -0.15) is 0 Å². The lowest BCUT2D eigenvalue weighted by Crippen LogP contribution is -2.41. The molecule has 1 N–H and O–H groups in total. The Labute approximate surface area is 249 Å². The minimum absolute atomic E-state index is 0.0319. The first-order chi connectivity index (χ1) is 19.5. The molecule has 0 spiro atoms. The molecule has 0 saturated carbocycles. The first kappa shape index (κ1) is 29.1. The van der Waals surface area contributed by atoms with Crippen LogP contribution in [0.5, 0.6) is 0 Å². The summed E-state index contributed by atoms with van der Waals surface area (Å²) in [5.74, 6) is -0.458. The number of carbonyl (C=O) groups excluding carboxylic acids is 2. The van der Waals surface area contributed by atoms with Crippen LogP contribution in [-0.2, 0) is 18.8 Å². The molecule has 2 aliphatic rings. The molecule has 1 saturated heterocycles. The Balaban J connectivity index is 1.32. The SMILES string of the molecule is COC(=O)c1ccc(C=C(CNC(=O)OCC2c3ccccc3-c3ccccc32)B2OC(C)(C)C(C)(C)O2)c(Br)c1. The number of nitrogens with one attached hydrogen (secondary N) is 1. The molecule has 41 heavy (non-hydrogen) atoms. The average Bonchev–Trinajstić information content (AvgIpc) is 3.38. The molecule has 0 unspecified atom stereocenters. The summed E-state index contributed by atoms with van der Waals surface area (Å²) >= 11 is 3.55. The minimum atomic E-state index is -0.693. The Kier molecular flexibility index (Phi) is 8.14. The Morgan fingerprint density at radius 2 is 1.54 bits per heavy atom. The van der Waals surface area contributed by atoms with Crippen molar-refractivity contribution in [2.75, 3.05) is 20.3 Å². The molecule has 0 radical (unpaired) electrons. The number of rotatable bonds is 7. The number of methoxy groups -OCH3 is 1. The molecular formula is C32H33BBrNO6. The van der Waals surface area contributed by atoms with Gasteiger partial charge in [-0.15, -0.1) is 0 Å². The van der Waals surface area contributed by atoms with Crippen molar-refractivity contribution in [1.82, 2.24) is 5.32 Å². The lowest BCUT2D eigenvalue weighted by atomic mass is 9.77. The van der Waals surface area contributed by atoms with Crippen LogP contribution in [0.4, 0.5) is 4.79 Å². The number of hydrogen-bond acceptors (Lipinski definition) is 6. The summed E-state index contributed by atoms with van der Waals surface area (Å²) in [6, 6.07) is 21.6. The summed E-state index contributed by atoms with van der Waals surface area (Å²) in [5, 5.41) is 2.89. The van der Waals surface area contributed by atoms with Crippen LogP contribution in [0.15, 0.2) is 76.7 Å². The molecule has 3 aromatic carbocycles. The van der Waals surface area contributed by atoms with Crippen molar-refractivity contribution in [1.29, 1.82) is 0 Å². The van der Waals surface area contributed by atoms with Gasteiger partial charge in [0.25, 0.3) is 0 Å². The monoisotopic (exact) mass is 617 g/mol. The molecule has 7 nitrogen and oxygen atoms in total. The van der Waals surface area contributed by atoms with E-state index in [0.717, 1.165) is 16.7 Å². The number of ether oxygens (including phenoxy) is 2. The van der Waals surface area contributed by atoms with Crippen molar-refractivity contribution in [2.24, 2.45) is 0 Å². The second kappa shape index (κ2) is 11.5. The maximum Gasteiger partial charge on any atom is 0.492 e. The Bertz CT molecular complexity index is 1460. The molecule has 1 aliphatic heterocycles. The third kappa shape index (κ3) is 5.84. The van der Waals surface area contributed by atoms with E-state index in [1.54, 1.807) is 18.2 Å². The van der Waals surface area contributed by atoms with Crippen molar-refractivity contribution >= 4 is 41.2 Å². The van der Waals surface area contributed by atoms with Crippen LogP contribution in [0.3, 0.4) is 0 Å². The number of halogens is 1. The molecule has 1 aliphatic carbocycles. The largest absolute Gasteiger partial charge is 0.492 e. The van der Waals surface area contributed by atoms with Gasteiger partial charge in [-0.25, -0.2) is 9.59 Å². The van der Waals surface area contributed by atoms with E-state index in [1.807, 2.05) is 58.0 Å². The third-order valence-electron chi connectivity index (χ3n) is 8.10. The van der Waals surface area contributed by atoms with Crippen molar-refractivity contribution in [3.8, 4) is 11.1 Å². The van der Waals surface area contributed by atoms with Crippen molar-refractivity contribution in [2.45, 2.75) is 44.8 Å². The molecule has 1 fully saturated rings. The summed E-state index contributed by atoms with van der Waals surface area (Å²) in [7, 11) is 0.649. The van der Waals surface area contributed by atoms with E-state index in [9.17, 15) is 9.59 Å². The number of carbonyl (C=O) groups is 2. The highest BCUT2D eigenvalue weighted by Gasteiger charge is 2.52. The van der Waals surface area contributed by atoms with E-state index >= 15 is 0 Å². The number of esters is 1. The lowest BCUT2D eigenvalue weighted by Gasteiger charge is -2.32. The molecule has 3 aromatic rings. The topological polar surface area (TPSA) is 83.1 Å². The summed E-state index contributed by atoms with van der Waals surface area (Å²) in [4.78, 5) is 24.9. The van der Waals surface area contributed by atoms with Gasteiger partial charge in [-0.1, -0.05) is 76.6 Å². The van der Waals surface area contributed by atoms with E-state index in [-0.39, 0.29) is 19.1 Å². The number of fused-ring (bicyclic) bond motifs is 3. The molecule has 9 heteroatoms. The number of hydrogen-bond donors (Lipinski definition) is 1. The van der Waals surface area contributed by atoms with Crippen LogP contribution in [-0.4, -0.2) is 50.6 Å². The van der Waals surface area contributed by atoms with Gasteiger partial charge in [0.2, 0.25) is 0 Å². The highest BCUT2D eigenvalue weighted by atomic mass is 79.9. The normalized spacial score (nSPS) is 17.1. The van der Waals surface area contributed by atoms with Gasteiger partial charge in [0.05, 0.1) is 23.9 Å². The third-order valence-corrected chi connectivity index (χ3v) is 8.79. The summed E-state index contributed by atoms with van der Waals surface area (Å²) < 4.78 is 23.9. The second-order valence-electron chi connectivity index (χ2n) is 11.2. The first-order valence-electron chi connectivity index (χ1n) is 13.5. The smallest absolute Gasteiger partial charge is 0.465 e.